The highest BCUT2D eigenvalue weighted by Crippen LogP contribution is 2.32. The highest BCUT2D eigenvalue weighted by atomic mass is 32.1. The number of rotatable bonds is 4. The summed E-state index contributed by atoms with van der Waals surface area (Å²) < 4.78 is 51.5. The average molecular weight is 449 g/mol. The van der Waals surface area contributed by atoms with Crippen LogP contribution >= 0.6 is 11.3 Å². The molecule has 3 aromatic rings. The molecule has 6 nitrogen and oxygen atoms in total. The molecule has 4 rings (SSSR count). The van der Waals surface area contributed by atoms with Gasteiger partial charge in [-0.25, -0.2) is 4.99 Å². The Balaban J connectivity index is 1.68. The van der Waals surface area contributed by atoms with Crippen LogP contribution in [0.4, 0.5) is 18.9 Å². The van der Waals surface area contributed by atoms with E-state index in [1.165, 1.54) is 29.1 Å². The number of hydrogen-bond donors (Lipinski definition) is 0. The molecule has 1 aromatic heterocycles. The summed E-state index contributed by atoms with van der Waals surface area (Å²) in [5.74, 6) is 1.12. The number of aromatic nitrogens is 1. The summed E-state index contributed by atoms with van der Waals surface area (Å²) in [6.45, 7) is 0.284. The molecule has 0 fully saturated rings. The highest BCUT2D eigenvalue weighted by Gasteiger charge is 2.31. The second-order valence-electron chi connectivity index (χ2n) is 6.77. The number of alkyl halides is 3. The number of thiazole rings is 1. The van der Waals surface area contributed by atoms with Crippen LogP contribution in [0.3, 0.4) is 0 Å². The molecule has 2 aromatic carbocycles. The number of nitrogens with zero attached hydrogens (tertiary/aromatic N) is 3. The third-order valence-electron chi connectivity index (χ3n) is 4.82. The first-order chi connectivity index (χ1) is 14.8. The minimum absolute atomic E-state index is 0.120. The maximum Gasteiger partial charge on any atom is 0.416 e. The van der Waals surface area contributed by atoms with Gasteiger partial charge in [-0.3, -0.25) is 9.36 Å². The molecule has 0 aliphatic carbocycles. The Morgan fingerprint density at radius 3 is 2.58 bits per heavy atom. The smallest absolute Gasteiger partial charge is 0.416 e. The summed E-state index contributed by atoms with van der Waals surface area (Å²) in [5.41, 5.74) is 0.113. The second-order valence-corrected chi connectivity index (χ2v) is 7.78. The van der Waals surface area contributed by atoms with Gasteiger partial charge in [-0.1, -0.05) is 23.5 Å². The van der Waals surface area contributed by atoms with Gasteiger partial charge in [0.15, 0.2) is 16.3 Å². The van der Waals surface area contributed by atoms with Gasteiger partial charge in [0.05, 0.1) is 24.3 Å². The summed E-state index contributed by atoms with van der Waals surface area (Å²) in [4.78, 5) is 19.5. The van der Waals surface area contributed by atoms with Gasteiger partial charge in [-0.05, 0) is 42.0 Å². The predicted octanol–water partition coefficient (Wildman–Crippen LogP) is 2.83. The zero-order valence-electron chi connectivity index (χ0n) is 16.6. The van der Waals surface area contributed by atoms with Crippen molar-refractivity contribution in [1.82, 2.24) is 4.57 Å². The highest BCUT2D eigenvalue weighted by molar-refractivity contribution is 7.07. The lowest BCUT2D eigenvalue weighted by molar-refractivity contribution is -0.137. The molecular formula is C21H18F3N3O3S. The van der Waals surface area contributed by atoms with Crippen molar-refractivity contribution in [1.29, 1.82) is 0 Å². The van der Waals surface area contributed by atoms with Crippen LogP contribution < -0.4 is 29.3 Å². The van der Waals surface area contributed by atoms with Gasteiger partial charge in [0.1, 0.15) is 13.3 Å². The van der Waals surface area contributed by atoms with Gasteiger partial charge in [-0.2, -0.15) is 13.2 Å². The molecule has 0 saturated heterocycles. The van der Waals surface area contributed by atoms with E-state index in [9.17, 15) is 18.0 Å². The van der Waals surface area contributed by atoms with Crippen LogP contribution in [0.2, 0.25) is 0 Å². The SMILES string of the molecule is COc1ccc(/C=c2\sc3n(c2=O)CN(c2cccc(C(F)(F)F)c2)CN=3)cc1OC. The molecule has 1 aliphatic rings. The van der Waals surface area contributed by atoms with Crippen molar-refractivity contribution in [2.45, 2.75) is 12.8 Å². The monoisotopic (exact) mass is 449 g/mol. The molecule has 0 atom stereocenters. The topological polar surface area (TPSA) is 56.1 Å². The quantitative estimate of drug-likeness (QED) is 0.615. The van der Waals surface area contributed by atoms with Crippen LogP contribution in [0.5, 0.6) is 11.5 Å². The molecule has 31 heavy (non-hydrogen) atoms. The van der Waals surface area contributed by atoms with Crippen molar-refractivity contribution < 1.29 is 22.6 Å². The van der Waals surface area contributed by atoms with E-state index in [1.807, 2.05) is 0 Å². The largest absolute Gasteiger partial charge is 0.493 e. The van der Waals surface area contributed by atoms with Crippen LogP contribution in [-0.4, -0.2) is 25.5 Å². The lowest BCUT2D eigenvalue weighted by Gasteiger charge is -2.26. The van der Waals surface area contributed by atoms with Crippen LogP contribution in [0.15, 0.2) is 52.3 Å². The van der Waals surface area contributed by atoms with Gasteiger partial charge < -0.3 is 14.4 Å². The lowest BCUT2D eigenvalue weighted by Crippen LogP contribution is -2.42. The Morgan fingerprint density at radius 1 is 1.10 bits per heavy atom. The molecule has 0 saturated carbocycles. The molecule has 0 radical (unpaired) electrons. The normalized spacial score (nSPS) is 14.2. The Labute approximate surface area is 179 Å². The summed E-state index contributed by atoms with van der Waals surface area (Å²) in [7, 11) is 3.07. The molecule has 10 heteroatoms. The molecule has 162 valence electrons. The second kappa shape index (κ2) is 8.10. The molecular weight excluding hydrogens is 431 g/mol. The van der Waals surface area contributed by atoms with Crippen molar-refractivity contribution in [2.24, 2.45) is 4.99 Å². The summed E-state index contributed by atoms with van der Waals surface area (Å²) in [5, 5.41) is 0. The lowest BCUT2D eigenvalue weighted by atomic mass is 10.2. The fourth-order valence-electron chi connectivity index (χ4n) is 3.25. The Hall–Kier alpha value is -3.27. The van der Waals surface area contributed by atoms with E-state index >= 15 is 0 Å². The number of ether oxygens (including phenoxy) is 2. The molecule has 0 bridgehead atoms. The van der Waals surface area contributed by atoms with Crippen LogP contribution in [0.25, 0.3) is 6.08 Å². The van der Waals surface area contributed by atoms with Crippen molar-refractivity contribution >= 4 is 23.1 Å². The van der Waals surface area contributed by atoms with Crippen molar-refractivity contribution in [3.63, 3.8) is 0 Å². The van der Waals surface area contributed by atoms with Gasteiger partial charge in [0.25, 0.3) is 5.56 Å². The van der Waals surface area contributed by atoms with E-state index in [2.05, 4.69) is 4.99 Å². The van der Waals surface area contributed by atoms with Crippen LogP contribution in [-0.2, 0) is 12.8 Å². The fourth-order valence-corrected chi connectivity index (χ4v) is 4.21. The number of halogens is 3. The first-order valence-corrected chi connectivity index (χ1v) is 10.0. The predicted molar refractivity (Wildman–Crippen MR) is 111 cm³/mol. The van der Waals surface area contributed by atoms with Crippen LogP contribution in [0.1, 0.15) is 11.1 Å². The Bertz CT molecular complexity index is 1300. The maximum absolute atomic E-state index is 13.0. The van der Waals surface area contributed by atoms with E-state index in [0.717, 1.165) is 17.7 Å². The van der Waals surface area contributed by atoms with E-state index in [-0.39, 0.29) is 18.9 Å². The first kappa shape index (κ1) is 21.0. The zero-order valence-corrected chi connectivity index (χ0v) is 17.5. The molecule has 0 spiro atoms. The minimum atomic E-state index is -4.44. The third kappa shape index (κ3) is 4.15. The van der Waals surface area contributed by atoms with E-state index in [0.29, 0.717) is 26.5 Å². The van der Waals surface area contributed by atoms with Gasteiger partial charge in [0, 0.05) is 5.69 Å². The average Bonchev–Trinajstić information content (AvgIpc) is 3.07. The summed E-state index contributed by atoms with van der Waals surface area (Å²) >= 11 is 1.23. The first-order valence-electron chi connectivity index (χ1n) is 9.20. The molecule has 0 N–H and O–H groups in total. The number of fused-ring (bicyclic) bond motifs is 1. The molecule has 2 heterocycles. The van der Waals surface area contributed by atoms with Gasteiger partial charge >= 0.3 is 6.18 Å². The summed E-state index contributed by atoms with van der Waals surface area (Å²) in [6, 6.07) is 10.3. The number of hydrogen-bond acceptors (Lipinski definition) is 6. The molecule has 1 aliphatic heterocycles. The van der Waals surface area contributed by atoms with E-state index < -0.39 is 11.7 Å². The fraction of sp³-hybridized carbons (Fsp3) is 0.238. The third-order valence-corrected chi connectivity index (χ3v) is 5.87. The number of anilines is 1. The maximum atomic E-state index is 13.0. The van der Waals surface area contributed by atoms with Gasteiger partial charge in [0.2, 0.25) is 0 Å². The minimum Gasteiger partial charge on any atom is -0.493 e. The van der Waals surface area contributed by atoms with E-state index in [1.54, 1.807) is 42.4 Å². The molecule has 0 unspecified atom stereocenters. The summed E-state index contributed by atoms with van der Waals surface area (Å²) in [6.07, 6.45) is -2.71. The number of benzene rings is 2. The van der Waals surface area contributed by atoms with Crippen molar-refractivity contribution in [3.05, 3.63) is 73.3 Å². The van der Waals surface area contributed by atoms with Crippen molar-refractivity contribution in [3.8, 4) is 11.5 Å². The zero-order chi connectivity index (χ0) is 22.2. The number of methoxy groups -OCH3 is 2. The Morgan fingerprint density at radius 2 is 1.87 bits per heavy atom. The van der Waals surface area contributed by atoms with Crippen LogP contribution in [0, 0.1) is 0 Å². The molecule has 0 amide bonds. The van der Waals surface area contributed by atoms with E-state index in [4.69, 9.17) is 9.47 Å². The Kier molecular flexibility index (Phi) is 5.48. The van der Waals surface area contributed by atoms with Crippen molar-refractivity contribution in [2.75, 3.05) is 25.8 Å². The standard InChI is InChI=1S/C21H18F3N3O3S/c1-29-16-7-6-13(8-17(16)30-2)9-18-19(28)27-12-26(11-25-20(27)31-18)15-5-3-4-14(10-15)21(22,23)24/h3-10H,11-12H2,1-2H3/b18-9-. The van der Waals surface area contributed by atoms with Gasteiger partial charge in [-0.15, -0.1) is 0 Å².